The van der Waals surface area contributed by atoms with E-state index in [1.807, 2.05) is 36.4 Å². The molecule has 2 bridgehead atoms. The Balaban J connectivity index is 1.13. The summed E-state index contributed by atoms with van der Waals surface area (Å²) in [7, 11) is 0. The summed E-state index contributed by atoms with van der Waals surface area (Å²) < 4.78 is 74.9. The average Bonchev–Trinajstić information content (AvgIpc) is 3.56. The number of aromatic nitrogens is 5. The molecule has 10 nitrogen and oxygen atoms in total. The van der Waals surface area contributed by atoms with E-state index in [1.54, 1.807) is 25.4 Å². The molecule has 51 heavy (non-hydrogen) atoms. The van der Waals surface area contributed by atoms with Crippen LogP contribution in [-0.4, -0.2) is 76.1 Å². The Hall–Kier alpha value is -4.60. The number of piperazine rings is 1. The predicted molar refractivity (Wildman–Crippen MR) is 185 cm³/mol. The first-order valence-electron chi connectivity index (χ1n) is 16.8. The van der Waals surface area contributed by atoms with E-state index in [-0.39, 0.29) is 50.1 Å². The first kappa shape index (κ1) is 32.3. The van der Waals surface area contributed by atoms with E-state index in [1.165, 1.54) is 11.3 Å². The van der Waals surface area contributed by atoms with Crippen LogP contribution in [0.2, 0.25) is 0 Å². The molecule has 0 amide bonds. The van der Waals surface area contributed by atoms with Crippen molar-refractivity contribution in [1.82, 2.24) is 30.5 Å². The number of aryl methyl sites for hydroxylation is 1. The first-order chi connectivity index (χ1) is 24.7. The van der Waals surface area contributed by atoms with E-state index in [0.29, 0.717) is 56.2 Å². The summed E-state index contributed by atoms with van der Waals surface area (Å²) in [6, 6.07) is 13.5. The van der Waals surface area contributed by atoms with Crippen molar-refractivity contribution < 1.29 is 31.8 Å². The molecule has 1 aliphatic carbocycles. The molecule has 3 aliphatic rings. The van der Waals surface area contributed by atoms with Crippen LogP contribution in [0.15, 0.2) is 54.9 Å². The Morgan fingerprint density at radius 3 is 2.57 bits per heavy atom. The number of fused-ring (bicyclic) bond motifs is 6. The van der Waals surface area contributed by atoms with Gasteiger partial charge in [0.2, 0.25) is 0 Å². The van der Waals surface area contributed by atoms with Crippen LogP contribution >= 0.6 is 11.3 Å². The minimum atomic E-state index is -3.06. The van der Waals surface area contributed by atoms with E-state index in [9.17, 15) is 17.6 Å². The number of hydrogen-bond donors (Lipinski definition) is 2. The third kappa shape index (κ3) is 5.71. The highest BCUT2D eigenvalue weighted by molar-refractivity contribution is 7.26. The molecule has 2 unspecified atom stereocenters. The third-order valence-corrected chi connectivity index (χ3v) is 11.3. The minimum Gasteiger partial charge on any atom is -0.462 e. The smallest absolute Gasteiger partial charge is 0.387 e. The SMILES string of the molecule is Cc1cc2[nH]ncc2c(-c2nccc3c2sc2nc(OC[C@]4(COCc5ccccc5)CC4(F)F)nc(N4CC5CCC(C4)N5)c23)c1OC(F)F. The summed E-state index contributed by atoms with van der Waals surface area (Å²) in [5.74, 6) is -2.30. The molecule has 2 aromatic carbocycles. The second-order valence-electron chi connectivity index (χ2n) is 13.7. The molecule has 2 N–H and O–H groups in total. The van der Waals surface area contributed by atoms with E-state index in [4.69, 9.17) is 29.2 Å². The van der Waals surface area contributed by atoms with Crippen molar-refractivity contribution in [1.29, 1.82) is 0 Å². The molecule has 2 aliphatic heterocycles. The van der Waals surface area contributed by atoms with Gasteiger partial charge in [0.05, 0.1) is 51.7 Å². The molecular formula is C36H33F4N7O3S. The van der Waals surface area contributed by atoms with Gasteiger partial charge in [0.25, 0.3) is 5.92 Å². The monoisotopic (exact) mass is 719 g/mol. The number of rotatable bonds is 11. The maximum Gasteiger partial charge on any atom is 0.387 e. The number of alkyl halides is 4. The number of nitrogens with one attached hydrogen (secondary N) is 2. The molecule has 6 heterocycles. The van der Waals surface area contributed by atoms with E-state index < -0.39 is 17.9 Å². The molecule has 15 heteroatoms. The Kier molecular flexibility index (Phi) is 7.78. The van der Waals surface area contributed by atoms with Crippen LogP contribution in [0.1, 0.15) is 30.4 Å². The van der Waals surface area contributed by atoms with Crippen LogP contribution < -0.4 is 19.7 Å². The maximum absolute atomic E-state index is 14.9. The second kappa shape index (κ2) is 12.3. The predicted octanol–water partition coefficient (Wildman–Crippen LogP) is 7.25. The van der Waals surface area contributed by atoms with Crippen LogP contribution in [0.25, 0.3) is 42.5 Å². The number of ether oxygens (including phenoxy) is 3. The normalized spacial score (nSPS) is 22.4. The van der Waals surface area contributed by atoms with Gasteiger partial charge in [-0.05, 0) is 43.0 Å². The van der Waals surface area contributed by atoms with E-state index in [0.717, 1.165) is 29.2 Å². The third-order valence-electron chi connectivity index (χ3n) is 10.2. The molecule has 9 rings (SSSR count). The highest BCUT2D eigenvalue weighted by Gasteiger charge is 2.72. The fraction of sp³-hybridized carbons (Fsp3) is 0.389. The zero-order chi connectivity index (χ0) is 34.9. The van der Waals surface area contributed by atoms with Crippen LogP contribution in [-0.2, 0) is 11.3 Å². The van der Waals surface area contributed by atoms with Crippen molar-refractivity contribution in [2.75, 3.05) is 31.2 Å². The second-order valence-corrected chi connectivity index (χ2v) is 14.7. The summed E-state index contributed by atoms with van der Waals surface area (Å²) >= 11 is 1.32. The highest BCUT2D eigenvalue weighted by atomic mass is 32.1. The Morgan fingerprint density at radius 1 is 1.04 bits per heavy atom. The zero-order valence-corrected chi connectivity index (χ0v) is 28.3. The first-order valence-corrected chi connectivity index (χ1v) is 17.6. The van der Waals surface area contributed by atoms with Gasteiger partial charge < -0.3 is 24.4 Å². The molecule has 1 saturated carbocycles. The highest BCUT2D eigenvalue weighted by Crippen LogP contribution is 2.61. The number of hydrogen-bond acceptors (Lipinski definition) is 10. The number of anilines is 1. The molecule has 2 saturated heterocycles. The Bertz CT molecular complexity index is 2260. The lowest BCUT2D eigenvalue weighted by molar-refractivity contribution is -0.0498. The summed E-state index contributed by atoms with van der Waals surface area (Å²) in [6.45, 7) is -0.240. The van der Waals surface area contributed by atoms with Gasteiger partial charge in [0, 0.05) is 48.6 Å². The lowest BCUT2D eigenvalue weighted by Gasteiger charge is -2.34. The molecule has 264 valence electrons. The standard InChI is InChI=1S/C36H33F4N7O3S/c1-19-11-25-24(12-42-46-25)26(29(19)50-33(37)38)28-30-23(9-10-41-28)27-31(47-13-21-7-8-22(14-47)43-21)44-34(45-32(27)51-30)49-18-35(16-36(35,39)40)17-48-15-20-5-3-2-4-6-20/h2-6,9-12,21-22,33,43H,7-8,13-18H2,1H3,(H,42,46)/t21?,22?,35-/m1/s1. The average molecular weight is 720 g/mol. The van der Waals surface area contributed by atoms with Gasteiger partial charge in [-0.15, -0.1) is 11.3 Å². The van der Waals surface area contributed by atoms with Gasteiger partial charge in [-0.25, -0.2) is 8.78 Å². The van der Waals surface area contributed by atoms with E-state index >= 15 is 0 Å². The topological polar surface area (TPSA) is 110 Å². The Labute approximate surface area is 293 Å². The number of halogens is 4. The quantitative estimate of drug-likeness (QED) is 0.134. The largest absolute Gasteiger partial charge is 0.462 e. The van der Waals surface area contributed by atoms with Crippen molar-refractivity contribution in [2.45, 2.75) is 57.4 Å². The number of aromatic amines is 1. The number of H-pyrrole nitrogens is 1. The molecule has 0 radical (unpaired) electrons. The van der Waals surface area contributed by atoms with E-state index in [2.05, 4.69) is 20.4 Å². The lowest BCUT2D eigenvalue weighted by Crippen LogP contribution is -2.51. The van der Waals surface area contributed by atoms with Gasteiger partial charge in [0.15, 0.2) is 0 Å². The van der Waals surface area contributed by atoms with Crippen LogP contribution in [0.4, 0.5) is 23.4 Å². The summed E-state index contributed by atoms with van der Waals surface area (Å²) in [5.41, 5.74) is 1.36. The Morgan fingerprint density at radius 2 is 1.82 bits per heavy atom. The summed E-state index contributed by atoms with van der Waals surface area (Å²) in [6.07, 6.45) is 4.92. The van der Waals surface area contributed by atoms with Gasteiger partial charge in [-0.3, -0.25) is 10.1 Å². The number of pyridine rings is 1. The molecule has 3 fully saturated rings. The van der Waals surface area contributed by atoms with Crippen LogP contribution in [0.5, 0.6) is 11.8 Å². The van der Waals surface area contributed by atoms with Crippen molar-refractivity contribution in [3.63, 3.8) is 0 Å². The summed E-state index contributed by atoms with van der Waals surface area (Å²) in [4.78, 5) is 17.1. The molecule has 4 aromatic heterocycles. The van der Waals surface area contributed by atoms with Gasteiger partial charge in [-0.2, -0.15) is 23.8 Å². The van der Waals surface area contributed by atoms with Crippen molar-refractivity contribution >= 4 is 48.4 Å². The number of nitrogens with zero attached hydrogens (tertiary/aromatic N) is 5. The van der Waals surface area contributed by atoms with Crippen molar-refractivity contribution in [3.05, 3.63) is 66.0 Å². The lowest BCUT2D eigenvalue weighted by atomic mass is 10.0. The van der Waals surface area contributed by atoms with Crippen molar-refractivity contribution in [2.24, 2.45) is 5.41 Å². The molecule has 6 aromatic rings. The molecule has 3 atom stereocenters. The van der Waals surface area contributed by atoms with Gasteiger partial charge in [0.1, 0.15) is 23.0 Å². The molecule has 0 spiro atoms. The number of thiophene rings is 1. The number of benzene rings is 2. The van der Waals surface area contributed by atoms with Gasteiger partial charge in [-0.1, -0.05) is 30.3 Å². The van der Waals surface area contributed by atoms with Crippen molar-refractivity contribution in [3.8, 4) is 23.0 Å². The van der Waals surface area contributed by atoms with Gasteiger partial charge >= 0.3 is 12.6 Å². The maximum atomic E-state index is 14.9. The van der Waals surface area contributed by atoms with Crippen LogP contribution in [0, 0.1) is 12.3 Å². The minimum absolute atomic E-state index is 0.00973. The zero-order valence-electron chi connectivity index (χ0n) is 27.5. The fourth-order valence-electron chi connectivity index (χ4n) is 7.57. The summed E-state index contributed by atoms with van der Waals surface area (Å²) in [5, 5.41) is 12.9. The molecular weight excluding hydrogens is 687 g/mol. The van der Waals surface area contributed by atoms with Crippen LogP contribution in [0.3, 0.4) is 0 Å². The fourth-order valence-corrected chi connectivity index (χ4v) is 8.72.